The van der Waals surface area contributed by atoms with Crippen molar-refractivity contribution in [3.63, 3.8) is 0 Å². The molecule has 3 nitrogen and oxygen atoms in total. The number of rotatable bonds is 4. The second-order valence-corrected chi connectivity index (χ2v) is 5.53. The Bertz CT molecular complexity index is 791. The minimum atomic E-state index is -0.247. The van der Waals surface area contributed by atoms with E-state index in [4.69, 9.17) is 0 Å². The van der Waals surface area contributed by atoms with Crippen LogP contribution in [0.25, 0.3) is 6.08 Å². The van der Waals surface area contributed by atoms with Gasteiger partial charge in [0.15, 0.2) is 0 Å². The van der Waals surface area contributed by atoms with Gasteiger partial charge in [-0.3, -0.25) is 4.79 Å². The normalized spacial score (nSPS) is 15.7. The topological polar surface area (TPSA) is 41.5 Å². The number of carbonyl (C=O) groups is 1. The van der Waals surface area contributed by atoms with Crippen LogP contribution < -0.4 is 5.32 Å². The number of carbonyl (C=O) groups excluding carboxylic acids is 1. The summed E-state index contributed by atoms with van der Waals surface area (Å²) in [7, 11) is 0. The van der Waals surface area contributed by atoms with Gasteiger partial charge in [-0.1, -0.05) is 36.4 Å². The first-order valence-corrected chi connectivity index (χ1v) is 7.52. The van der Waals surface area contributed by atoms with Crippen LogP contribution in [0.4, 0.5) is 4.39 Å². The average molecular weight is 308 g/mol. The molecule has 1 N–H and O–H groups in total. The Morgan fingerprint density at radius 1 is 1.09 bits per heavy atom. The van der Waals surface area contributed by atoms with Crippen molar-refractivity contribution in [2.75, 3.05) is 0 Å². The molecule has 116 valence electrons. The zero-order valence-corrected chi connectivity index (χ0v) is 12.8. The fourth-order valence-corrected chi connectivity index (χ4v) is 2.45. The van der Waals surface area contributed by atoms with Gasteiger partial charge in [0.2, 0.25) is 0 Å². The molecule has 23 heavy (non-hydrogen) atoms. The maximum Gasteiger partial charge on any atom is 0.275 e. The lowest BCUT2D eigenvalue weighted by atomic mass is 10.1. The van der Waals surface area contributed by atoms with E-state index in [0.29, 0.717) is 24.4 Å². The number of amides is 1. The first-order valence-electron chi connectivity index (χ1n) is 7.52. The molecule has 0 atom stereocenters. The third kappa shape index (κ3) is 3.72. The lowest BCUT2D eigenvalue weighted by molar-refractivity contribution is -0.115. The molecule has 1 aliphatic rings. The van der Waals surface area contributed by atoms with E-state index in [9.17, 15) is 9.18 Å². The molecular formula is C19H17FN2O. The number of aryl methyl sites for hydroxylation is 2. The Kier molecular flexibility index (Phi) is 4.33. The van der Waals surface area contributed by atoms with E-state index < -0.39 is 0 Å². The summed E-state index contributed by atoms with van der Waals surface area (Å²) in [6, 6.07) is 14.2. The number of hydrogen-bond donors (Lipinski definition) is 1. The van der Waals surface area contributed by atoms with Gasteiger partial charge >= 0.3 is 0 Å². The van der Waals surface area contributed by atoms with E-state index in [1.54, 1.807) is 18.2 Å². The summed E-state index contributed by atoms with van der Waals surface area (Å²) in [6.45, 7) is 2.00. The standard InChI is InChI=1S/C19H17FN2O/c1-13-4-2-3-5-15(13)12-17-19(23)22-18(21-17)11-8-14-6-9-16(20)10-7-14/h2-7,9-10,12H,8,11H2,1H3,(H,21,22,23)/b17-12-. The molecule has 2 aromatic carbocycles. The summed E-state index contributed by atoms with van der Waals surface area (Å²) in [5, 5.41) is 2.79. The van der Waals surface area contributed by atoms with Crippen LogP contribution in [-0.2, 0) is 11.2 Å². The SMILES string of the molecule is Cc1ccccc1/C=C1\N=C(CCc2ccc(F)cc2)NC1=O. The minimum Gasteiger partial charge on any atom is -0.309 e. The van der Waals surface area contributed by atoms with Gasteiger partial charge in [-0.25, -0.2) is 9.38 Å². The molecule has 0 aliphatic carbocycles. The fraction of sp³-hybridized carbons (Fsp3) is 0.158. The van der Waals surface area contributed by atoms with Gasteiger partial charge in [0.25, 0.3) is 5.91 Å². The van der Waals surface area contributed by atoms with Crippen LogP contribution in [0.5, 0.6) is 0 Å². The number of aliphatic imine (C=N–C) groups is 1. The summed E-state index contributed by atoms with van der Waals surface area (Å²) >= 11 is 0. The van der Waals surface area contributed by atoms with Crippen LogP contribution in [0.2, 0.25) is 0 Å². The van der Waals surface area contributed by atoms with Crippen LogP contribution in [0.3, 0.4) is 0 Å². The third-order valence-electron chi connectivity index (χ3n) is 3.79. The Labute approximate surface area is 134 Å². The monoisotopic (exact) mass is 308 g/mol. The number of amidine groups is 1. The maximum absolute atomic E-state index is 12.9. The van der Waals surface area contributed by atoms with Crippen LogP contribution in [-0.4, -0.2) is 11.7 Å². The smallest absolute Gasteiger partial charge is 0.275 e. The van der Waals surface area contributed by atoms with Gasteiger partial charge in [-0.05, 0) is 48.2 Å². The van der Waals surface area contributed by atoms with Gasteiger partial charge in [0.1, 0.15) is 17.3 Å². The summed E-state index contributed by atoms with van der Waals surface area (Å²) in [5.74, 6) is 0.227. The van der Waals surface area contributed by atoms with Crippen molar-refractivity contribution in [2.24, 2.45) is 4.99 Å². The fourth-order valence-electron chi connectivity index (χ4n) is 2.45. The highest BCUT2D eigenvalue weighted by molar-refractivity contribution is 6.14. The first kappa shape index (κ1) is 15.2. The molecule has 3 rings (SSSR count). The Morgan fingerprint density at radius 3 is 2.57 bits per heavy atom. The summed E-state index contributed by atoms with van der Waals surface area (Å²) < 4.78 is 12.9. The highest BCUT2D eigenvalue weighted by atomic mass is 19.1. The van der Waals surface area contributed by atoms with E-state index in [0.717, 1.165) is 16.7 Å². The lowest BCUT2D eigenvalue weighted by Gasteiger charge is -2.01. The summed E-state index contributed by atoms with van der Waals surface area (Å²) in [4.78, 5) is 16.4. The van der Waals surface area contributed by atoms with E-state index in [-0.39, 0.29) is 11.7 Å². The highest BCUT2D eigenvalue weighted by Gasteiger charge is 2.19. The van der Waals surface area contributed by atoms with Crippen molar-refractivity contribution in [3.05, 3.63) is 76.7 Å². The van der Waals surface area contributed by atoms with Gasteiger partial charge < -0.3 is 5.32 Å². The van der Waals surface area contributed by atoms with Crippen molar-refractivity contribution in [1.82, 2.24) is 5.32 Å². The molecule has 0 unspecified atom stereocenters. The zero-order valence-electron chi connectivity index (χ0n) is 12.8. The number of halogens is 1. The maximum atomic E-state index is 12.9. The first-order chi connectivity index (χ1) is 11.1. The zero-order chi connectivity index (χ0) is 16.2. The molecule has 0 radical (unpaired) electrons. The Morgan fingerprint density at radius 2 is 1.83 bits per heavy atom. The van der Waals surface area contributed by atoms with E-state index in [1.807, 2.05) is 31.2 Å². The van der Waals surface area contributed by atoms with Gasteiger partial charge in [-0.15, -0.1) is 0 Å². The summed E-state index contributed by atoms with van der Waals surface area (Å²) in [6.07, 6.45) is 3.12. The largest absolute Gasteiger partial charge is 0.309 e. The molecular weight excluding hydrogens is 291 g/mol. The second-order valence-electron chi connectivity index (χ2n) is 5.53. The molecule has 1 amide bonds. The second kappa shape index (κ2) is 6.57. The van der Waals surface area contributed by atoms with E-state index in [1.165, 1.54) is 12.1 Å². The molecule has 0 fully saturated rings. The average Bonchev–Trinajstić information content (AvgIpc) is 2.89. The molecule has 4 heteroatoms. The van der Waals surface area contributed by atoms with Crippen molar-refractivity contribution >= 4 is 17.8 Å². The predicted octanol–water partition coefficient (Wildman–Crippen LogP) is 3.64. The highest BCUT2D eigenvalue weighted by Crippen LogP contribution is 2.16. The predicted molar refractivity (Wildman–Crippen MR) is 89.5 cm³/mol. The van der Waals surface area contributed by atoms with E-state index >= 15 is 0 Å². The van der Waals surface area contributed by atoms with Crippen LogP contribution in [0, 0.1) is 12.7 Å². The molecule has 1 aliphatic heterocycles. The number of nitrogens with zero attached hydrogens (tertiary/aromatic N) is 1. The quantitative estimate of drug-likeness (QED) is 0.861. The van der Waals surface area contributed by atoms with Crippen LogP contribution in [0.1, 0.15) is 23.1 Å². The number of hydrogen-bond acceptors (Lipinski definition) is 2. The van der Waals surface area contributed by atoms with Crippen molar-refractivity contribution in [3.8, 4) is 0 Å². The molecule has 0 saturated heterocycles. The Hall–Kier alpha value is -2.75. The minimum absolute atomic E-state index is 0.178. The van der Waals surface area contributed by atoms with Gasteiger partial charge in [-0.2, -0.15) is 0 Å². The number of benzene rings is 2. The van der Waals surface area contributed by atoms with Gasteiger partial charge in [0, 0.05) is 6.42 Å². The summed E-state index contributed by atoms with van der Waals surface area (Å²) in [5.41, 5.74) is 3.53. The molecule has 0 saturated carbocycles. The van der Waals surface area contributed by atoms with Crippen molar-refractivity contribution in [1.29, 1.82) is 0 Å². The molecule has 0 bridgehead atoms. The van der Waals surface area contributed by atoms with Crippen LogP contribution in [0.15, 0.2) is 59.2 Å². The Balaban J connectivity index is 1.71. The number of nitrogens with one attached hydrogen (secondary N) is 1. The molecule has 0 aromatic heterocycles. The van der Waals surface area contributed by atoms with Crippen molar-refractivity contribution in [2.45, 2.75) is 19.8 Å². The molecule has 2 aromatic rings. The molecule has 0 spiro atoms. The van der Waals surface area contributed by atoms with Gasteiger partial charge in [0.05, 0.1) is 0 Å². The van der Waals surface area contributed by atoms with Crippen molar-refractivity contribution < 1.29 is 9.18 Å². The van der Waals surface area contributed by atoms with Crippen LogP contribution >= 0.6 is 0 Å². The third-order valence-corrected chi connectivity index (χ3v) is 3.79. The lowest BCUT2D eigenvalue weighted by Crippen LogP contribution is -2.24. The molecule has 1 heterocycles. The van der Waals surface area contributed by atoms with E-state index in [2.05, 4.69) is 10.3 Å².